The van der Waals surface area contributed by atoms with Crippen molar-refractivity contribution in [3.63, 3.8) is 0 Å². The predicted molar refractivity (Wildman–Crippen MR) is 219 cm³/mol. The minimum absolute atomic E-state index is 0.0450. The number of nitrogens with zero attached hydrogens (tertiary/aromatic N) is 6. The fourth-order valence-electron chi connectivity index (χ4n) is 6.84. The van der Waals surface area contributed by atoms with Gasteiger partial charge in [0.2, 0.25) is 5.91 Å². The highest BCUT2D eigenvalue weighted by atomic mass is 16.5. The zero-order valence-electron chi connectivity index (χ0n) is 34.9. The number of hydrogen-bond acceptors (Lipinski definition) is 13. The molecule has 0 radical (unpaired) electrons. The van der Waals surface area contributed by atoms with E-state index in [4.69, 9.17) is 9.47 Å². The number of benzene rings is 2. The number of amides is 1. The van der Waals surface area contributed by atoms with E-state index in [1.54, 1.807) is 19.6 Å². The molecule has 18 heteroatoms. The van der Waals surface area contributed by atoms with Crippen LogP contribution >= 0.6 is 0 Å². The number of carbonyl (C=O) groups is 5. The Morgan fingerprint density at radius 3 is 1.41 bits per heavy atom. The monoisotopic (exact) mass is 827 g/mol. The molecule has 1 aliphatic rings. The van der Waals surface area contributed by atoms with Crippen molar-refractivity contribution in [3.05, 3.63) is 46.5 Å². The minimum atomic E-state index is -1.17. The molecule has 2 aromatic carbocycles. The summed E-state index contributed by atoms with van der Waals surface area (Å²) < 4.78 is 11.8. The number of carboxylic acid groups (broad SMARTS) is 4. The molecular weight excluding hydrogens is 766 g/mol. The Labute approximate surface area is 345 Å². The summed E-state index contributed by atoms with van der Waals surface area (Å²) in [4.78, 5) is 66.6. The second kappa shape index (κ2) is 24.7. The number of hydrogen-bond donors (Lipinski definition) is 5. The summed E-state index contributed by atoms with van der Waals surface area (Å²) in [7, 11) is 0. The van der Waals surface area contributed by atoms with Crippen molar-refractivity contribution in [3.8, 4) is 11.5 Å². The van der Waals surface area contributed by atoms with Crippen molar-refractivity contribution in [1.29, 1.82) is 0 Å². The zero-order valence-corrected chi connectivity index (χ0v) is 34.9. The van der Waals surface area contributed by atoms with E-state index < -0.39 is 29.9 Å². The second-order valence-corrected chi connectivity index (χ2v) is 14.9. The van der Waals surface area contributed by atoms with Gasteiger partial charge < -0.3 is 35.2 Å². The first-order chi connectivity index (χ1) is 28.1. The molecule has 1 amide bonds. The topological polar surface area (TPSA) is 234 Å². The summed E-state index contributed by atoms with van der Waals surface area (Å²) in [6.07, 6.45) is 1.89. The van der Waals surface area contributed by atoms with E-state index in [1.807, 2.05) is 52.0 Å². The number of unbranched alkanes of at least 4 members (excludes halogenated alkanes) is 1. The third-order valence-electron chi connectivity index (χ3n) is 9.96. The molecule has 18 nitrogen and oxygen atoms in total. The fraction of sp³-hybridized carbons (Fsp3) is 0.585. The van der Waals surface area contributed by atoms with E-state index in [2.05, 4.69) is 22.5 Å². The highest BCUT2D eigenvalue weighted by Gasteiger charge is 2.28. The maximum atomic E-state index is 12.9. The number of aryl methyl sites for hydroxylation is 4. The van der Waals surface area contributed by atoms with E-state index in [-0.39, 0.29) is 104 Å². The highest BCUT2D eigenvalue weighted by molar-refractivity contribution is 5.78. The molecule has 1 fully saturated rings. The molecule has 0 bridgehead atoms. The van der Waals surface area contributed by atoms with Crippen molar-refractivity contribution in [2.75, 3.05) is 91.8 Å². The summed E-state index contributed by atoms with van der Waals surface area (Å²) in [6.45, 7) is 11.4. The first-order valence-corrected chi connectivity index (χ1v) is 20.0. The van der Waals surface area contributed by atoms with Gasteiger partial charge in [-0.25, -0.2) is 0 Å². The van der Waals surface area contributed by atoms with Crippen LogP contribution in [0.1, 0.15) is 54.9 Å². The number of rotatable bonds is 21. The molecule has 1 atom stereocenters. The molecule has 1 aliphatic heterocycles. The van der Waals surface area contributed by atoms with Crippen molar-refractivity contribution in [2.24, 2.45) is 10.2 Å². The summed E-state index contributed by atoms with van der Waals surface area (Å²) in [5.41, 5.74) is 5.17. The van der Waals surface area contributed by atoms with Crippen molar-refractivity contribution in [2.45, 2.75) is 66.3 Å². The van der Waals surface area contributed by atoms with Gasteiger partial charge >= 0.3 is 23.9 Å². The van der Waals surface area contributed by atoms with Crippen LogP contribution in [0.4, 0.5) is 11.4 Å². The Bertz CT molecular complexity index is 1690. The first-order valence-electron chi connectivity index (χ1n) is 20.0. The molecule has 0 aliphatic carbocycles. The van der Waals surface area contributed by atoms with Gasteiger partial charge in [-0.1, -0.05) is 13.3 Å². The molecule has 1 unspecified atom stereocenters. The Morgan fingerprint density at radius 1 is 0.644 bits per heavy atom. The van der Waals surface area contributed by atoms with Crippen LogP contribution in [-0.2, 0) is 24.0 Å². The van der Waals surface area contributed by atoms with E-state index in [0.717, 1.165) is 52.2 Å². The number of nitrogens with one attached hydrogen (secondary N) is 1. The lowest BCUT2D eigenvalue weighted by molar-refractivity contribution is -0.145. The van der Waals surface area contributed by atoms with Crippen LogP contribution in [0, 0.1) is 27.7 Å². The van der Waals surface area contributed by atoms with Gasteiger partial charge in [0.15, 0.2) is 0 Å². The van der Waals surface area contributed by atoms with Crippen LogP contribution in [-0.4, -0.2) is 168 Å². The van der Waals surface area contributed by atoms with Crippen molar-refractivity contribution < 1.29 is 53.9 Å². The lowest BCUT2D eigenvalue weighted by Gasteiger charge is -2.35. The Hall–Kier alpha value is -5.17. The van der Waals surface area contributed by atoms with Crippen LogP contribution in [0.15, 0.2) is 34.5 Å². The summed E-state index contributed by atoms with van der Waals surface area (Å²) >= 11 is 0. The maximum absolute atomic E-state index is 12.9. The molecular formula is C41H61N7O11. The molecule has 2 aromatic rings. The normalized spacial score (nSPS) is 15.9. The summed E-state index contributed by atoms with van der Waals surface area (Å²) in [5, 5.41) is 50.5. The van der Waals surface area contributed by atoms with Crippen molar-refractivity contribution in [1.82, 2.24) is 24.9 Å². The number of azo groups is 1. The third kappa shape index (κ3) is 17.3. The molecule has 326 valence electrons. The molecule has 1 heterocycles. The minimum Gasteiger partial charge on any atom is -0.494 e. The van der Waals surface area contributed by atoms with E-state index in [0.29, 0.717) is 12.4 Å². The van der Waals surface area contributed by atoms with Gasteiger partial charge in [0.1, 0.15) is 24.1 Å². The van der Waals surface area contributed by atoms with Crippen LogP contribution < -0.4 is 14.8 Å². The van der Waals surface area contributed by atoms with Crippen LogP contribution in [0.25, 0.3) is 0 Å². The van der Waals surface area contributed by atoms with E-state index in [9.17, 15) is 44.4 Å². The quantitative estimate of drug-likeness (QED) is 0.0892. The van der Waals surface area contributed by atoms with E-state index in [1.165, 1.54) is 0 Å². The third-order valence-corrected chi connectivity index (χ3v) is 9.96. The average molecular weight is 828 g/mol. The lowest BCUT2D eigenvalue weighted by atomic mass is 10.1. The van der Waals surface area contributed by atoms with Gasteiger partial charge in [-0.2, -0.15) is 0 Å². The smallest absolute Gasteiger partial charge is 0.320 e. The number of aliphatic carboxylic acids is 4. The SMILES string of the molecule is CCCCOc1cc(C)c(N=Nc2c(C)cc(OCCNC(=O)CCC(C(=O)O)N3CCN(CC(=O)O)CCN(CC(=O)O)CCN(CC(=O)O)CC3)cc2C)c(C)c1. The predicted octanol–water partition coefficient (Wildman–Crippen LogP) is 3.72. The van der Waals surface area contributed by atoms with Gasteiger partial charge in [0.25, 0.3) is 0 Å². The fourth-order valence-corrected chi connectivity index (χ4v) is 6.84. The molecule has 0 spiro atoms. The van der Waals surface area contributed by atoms with Gasteiger partial charge in [0.05, 0.1) is 44.2 Å². The number of carboxylic acids is 4. The van der Waals surface area contributed by atoms with Gasteiger partial charge in [0, 0.05) is 58.8 Å². The number of ether oxygens (including phenoxy) is 2. The second-order valence-electron chi connectivity index (χ2n) is 14.9. The van der Waals surface area contributed by atoms with Gasteiger partial charge in [-0.15, -0.1) is 10.2 Å². The van der Waals surface area contributed by atoms with Crippen LogP contribution in [0.2, 0.25) is 0 Å². The first kappa shape index (κ1) is 48.2. The molecule has 1 saturated heterocycles. The Kier molecular flexibility index (Phi) is 20.2. The maximum Gasteiger partial charge on any atom is 0.320 e. The summed E-state index contributed by atoms with van der Waals surface area (Å²) in [5.74, 6) is -3.36. The molecule has 0 saturated carbocycles. The number of carbonyl (C=O) groups excluding carboxylic acids is 1. The Morgan fingerprint density at radius 2 is 1.03 bits per heavy atom. The molecule has 0 aromatic heterocycles. The van der Waals surface area contributed by atoms with Crippen LogP contribution in [0.5, 0.6) is 11.5 Å². The largest absolute Gasteiger partial charge is 0.494 e. The van der Waals surface area contributed by atoms with Crippen molar-refractivity contribution >= 4 is 41.2 Å². The van der Waals surface area contributed by atoms with Gasteiger partial charge in [-0.05, 0) is 87.1 Å². The molecule has 3 rings (SSSR count). The Balaban J connectivity index is 1.59. The highest BCUT2D eigenvalue weighted by Crippen LogP contribution is 2.34. The van der Waals surface area contributed by atoms with E-state index >= 15 is 0 Å². The molecule has 5 N–H and O–H groups in total. The zero-order chi connectivity index (χ0) is 43.5. The molecule has 59 heavy (non-hydrogen) atoms. The standard InChI is InChI=1S/C41H61N7O11/c1-6-7-19-58-32-21-28(2)39(29(3)22-32)43-44-40-30(4)23-33(24-31(40)5)59-20-10-42-35(49)9-8-34(41(56)57)48-17-15-46(26-37(52)53)13-11-45(25-36(50)51)12-14-47(16-18-48)27-38(54)55/h21-24,34H,6-20,25-27H2,1-5H3,(H,42,49)(H,50,51)(H,52,53)(H,54,55)(H,56,57). The average Bonchev–Trinajstić information content (AvgIpc) is 3.14. The lowest BCUT2D eigenvalue weighted by Crippen LogP contribution is -2.52. The summed E-state index contributed by atoms with van der Waals surface area (Å²) in [6, 6.07) is 6.53. The van der Waals surface area contributed by atoms with Crippen LogP contribution in [0.3, 0.4) is 0 Å². The van der Waals surface area contributed by atoms with Gasteiger partial charge in [-0.3, -0.25) is 43.6 Å².